The Balaban J connectivity index is -0.000000105. The van der Waals surface area contributed by atoms with E-state index >= 15 is 0 Å². The van der Waals surface area contributed by atoms with Crippen LogP contribution in [0.25, 0.3) is 0 Å². The molecule has 0 aliphatic heterocycles. The van der Waals surface area contributed by atoms with Gasteiger partial charge in [-0.1, -0.05) is 0 Å². The Morgan fingerprint density at radius 2 is 1.53 bits per heavy atom. The first-order valence-electron chi connectivity index (χ1n) is 3.89. The molecule has 0 fully saturated rings. The van der Waals surface area contributed by atoms with Crippen LogP contribution in [0.15, 0.2) is 0 Å². The number of carboxylic acid groups (broad SMARTS) is 3. The first-order valence-corrected chi connectivity index (χ1v) is 3.89. The minimum absolute atomic E-state index is 0. The molecular formula is C7H12N2Na2O6. The van der Waals surface area contributed by atoms with E-state index in [2.05, 4.69) is 5.73 Å². The molecule has 0 aromatic carbocycles. The molecule has 0 aliphatic rings. The molecule has 17 heavy (non-hydrogen) atoms. The molecule has 0 aromatic heterocycles. The second-order valence-electron chi connectivity index (χ2n) is 2.43. The number of carbonyl (C=O) groups excluding carboxylic acids is 2. The summed E-state index contributed by atoms with van der Waals surface area (Å²) in [6.45, 7) is -0.278. The summed E-state index contributed by atoms with van der Waals surface area (Å²) in [6.07, 6.45) is -0.500. The molecule has 5 N–H and O–H groups in total. The molecule has 0 aromatic rings. The predicted octanol–water partition coefficient (Wildman–Crippen LogP) is -10.4. The summed E-state index contributed by atoms with van der Waals surface area (Å²) in [5.41, 5.74) is 9.48. The Kier molecular flexibility index (Phi) is 25.0. The molecule has 0 spiro atoms. The third-order valence-electron chi connectivity index (χ3n) is 1.14. The van der Waals surface area contributed by atoms with Gasteiger partial charge in [0.2, 0.25) is 0 Å². The largest absolute Gasteiger partial charge is 1.00 e. The van der Waals surface area contributed by atoms with Gasteiger partial charge in [-0.15, -0.1) is 0 Å². The average Bonchev–Trinajstić information content (AvgIpc) is 2.14. The van der Waals surface area contributed by atoms with Crippen molar-refractivity contribution in [3.8, 4) is 0 Å². The van der Waals surface area contributed by atoms with E-state index in [9.17, 15) is 24.6 Å². The molecule has 0 unspecified atom stereocenters. The molecule has 8 nitrogen and oxygen atoms in total. The van der Waals surface area contributed by atoms with Gasteiger partial charge < -0.3 is 36.4 Å². The monoisotopic (exact) mass is 266 g/mol. The van der Waals surface area contributed by atoms with Crippen LogP contribution in [-0.4, -0.2) is 35.6 Å². The van der Waals surface area contributed by atoms with Crippen LogP contribution < -0.4 is 80.8 Å². The zero-order valence-corrected chi connectivity index (χ0v) is 13.8. The molecule has 0 rings (SSSR count). The number of hydrogen-bond acceptors (Lipinski definition) is 7. The Morgan fingerprint density at radius 3 is 1.71 bits per heavy atom. The Bertz CT molecular complexity index is 238. The fraction of sp³-hybridized carbons (Fsp3) is 0.571. The van der Waals surface area contributed by atoms with Gasteiger partial charge in [0.1, 0.15) is 0 Å². The van der Waals surface area contributed by atoms with Crippen LogP contribution in [0, 0.1) is 0 Å². The van der Waals surface area contributed by atoms with Crippen molar-refractivity contribution >= 4 is 17.9 Å². The minimum atomic E-state index is -1.44. The molecule has 0 aliphatic carbocycles. The van der Waals surface area contributed by atoms with Gasteiger partial charge in [-0.3, -0.25) is 4.79 Å². The molecule has 1 atom stereocenters. The Hall–Kier alpha value is 0.330. The zero-order valence-electron chi connectivity index (χ0n) is 9.84. The molecule has 88 valence electrons. The van der Waals surface area contributed by atoms with Gasteiger partial charge in [-0.05, 0) is 12.8 Å². The third kappa shape index (κ3) is 26.1. The van der Waals surface area contributed by atoms with Crippen LogP contribution >= 0.6 is 0 Å². The van der Waals surface area contributed by atoms with Gasteiger partial charge in [0, 0.05) is 12.0 Å². The first kappa shape index (κ1) is 26.0. The Labute approximate surface area is 142 Å². The van der Waals surface area contributed by atoms with Gasteiger partial charge in [-0.2, -0.15) is 0 Å². The fourth-order valence-corrected chi connectivity index (χ4v) is 0.391. The van der Waals surface area contributed by atoms with E-state index in [0.29, 0.717) is 0 Å². The minimum Gasteiger partial charge on any atom is -0.550 e. The summed E-state index contributed by atoms with van der Waals surface area (Å²) in [5.74, 6) is -3.72. The van der Waals surface area contributed by atoms with Gasteiger partial charge in [0.15, 0.2) is 0 Å². The van der Waals surface area contributed by atoms with Gasteiger partial charge in [0.05, 0.1) is 12.5 Å². The third-order valence-corrected chi connectivity index (χ3v) is 1.14. The van der Waals surface area contributed by atoms with E-state index in [1.807, 2.05) is 0 Å². The van der Waals surface area contributed by atoms with E-state index in [1.54, 1.807) is 0 Å². The SMILES string of the molecule is NCC(=O)O.N[C@@H](CCC(=O)[O-])C(=O)[O-].[Na+].[Na+]. The van der Waals surface area contributed by atoms with Crippen molar-refractivity contribution in [2.45, 2.75) is 18.9 Å². The number of aliphatic carboxylic acids is 3. The Morgan fingerprint density at radius 1 is 1.18 bits per heavy atom. The van der Waals surface area contributed by atoms with Crippen LogP contribution in [-0.2, 0) is 14.4 Å². The molecule has 0 radical (unpaired) electrons. The summed E-state index contributed by atoms with van der Waals surface area (Å²) in [6, 6.07) is -1.21. The van der Waals surface area contributed by atoms with Crippen molar-refractivity contribution < 1.29 is 88.8 Å². The van der Waals surface area contributed by atoms with Crippen molar-refractivity contribution in [3.63, 3.8) is 0 Å². The van der Waals surface area contributed by atoms with Crippen molar-refractivity contribution in [3.05, 3.63) is 0 Å². The molecule has 0 amide bonds. The van der Waals surface area contributed by atoms with Crippen molar-refractivity contribution in [2.75, 3.05) is 6.54 Å². The normalized spacial score (nSPS) is 9.53. The molecule has 0 saturated carbocycles. The predicted molar refractivity (Wildman–Crippen MR) is 43.9 cm³/mol. The van der Waals surface area contributed by atoms with E-state index < -0.39 is 23.9 Å². The molecule has 0 saturated heterocycles. The maximum Gasteiger partial charge on any atom is 1.00 e. The molecule has 0 heterocycles. The average molecular weight is 266 g/mol. The van der Waals surface area contributed by atoms with E-state index in [4.69, 9.17) is 10.8 Å². The maximum atomic E-state index is 9.86. The van der Waals surface area contributed by atoms with Gasteiger partial charge in [0.25, 0.3) is 0 Å². The molecule has 10 heteroatoms. The number of nitrogens with two attached hydrogens (primary N) is 2. The summed E-state index contributed by atoms with van der Waals surface area (Å²) in [4.78, 5) is 28.9. The van der Waals surface area contributed by atoms with E-state index in [-0.39, 0.29) is 78.5 Å². The van der Waals surface area contributed by atoms with Crippen LogP contribution in [0.4, 0.5) is 0 Å². The standard InChI is InChI=1S/C5H9NO4.C2H5NO2.2Na/c6-3(5(9)10)1-2-4(7)8;3-1-2(4)5;;/h3H,1-2,6H2,(H,7,8)(H,9,10);1,3H2,(H,4,5);;/q;;2*+1/p-2/t3-;;;/m0.../s1. The van der Waals surface area contributed by atoms with Gasteiger partial charge in [-0.25, -0.2) is 0 Å². The van der Waals surface area contributed by atoms with Crippen LogP contribution in [0.5, 0.6) is 0 Å². The van der Waals surface area contributed by atoms with E-state index in [1.165, 1.54) is 0 Å². The fourth-order valence-electron chi connectivity index (χ4n) is 0.391. The van der Waals surface area contributed by atoms with Crippen molar-refractivity contribution in [1.29, 1.82) is 0 Å². The number of carbonyl (C=O) groups is 3. The molecular weight excluding hydrogens is 254 g/mol. The quantitative estimate of drug-likeness (QED) is 0.412. The van der Waals surface area contributed by atoms with Crippen molar-refractivity contribution in [1.82, 2.24) is 0 Å². The summed E-state index contributed by atoms with van der Waals surface area (Å²) < 4.78 is 0. The van der Waals surface area contributed by atoms with Crippen LogP contribution in [0.1, 0.15) is 12.8 Å². The maximum absolute atomic E-state index is 9.86. The summed E-state index contributed by atoms with van der Waals surface area (Å²) in [7, 11) is 0. The van der Waals surface area contributed by atoms with Crippen LogP contribution in [0.2, 0.25) is 0 Å². The second kappa shape index (κ2) is 16.3. The summed E-state index contributed by atoms with van der Waals surface area (Å²) >= 11 is 0. The number of hydrogen-bond donors (Lipinski definition) is 3. The second-order valence-corrected chi connectivity index (χ2v) is 2.43. The van der Waals surface area contributed by atoms with Gasteiger partial charge >= 0.3 is 65.1 Å². The van der Waals surface area contributed by atoms with Crippen molar-refractivity contribution in [2.24, 2.45) is 11.5 Å². The topological polar surface area (TPSA) is 170 Å². The molecule has 0 bridgehead atoms. The zero-order chi connectivity index (χ0) is 12.4. The number of rotatable bonds is 5. The first-order chi connectivity index (χ1) is 6.81. The smallest absolute Gasteiger partial charge is 0.550 e. The van der Waals surface area contributed by atoms with E-state index in [0.717, 1.165) is 0 Å². The van der Waals surface area contributed by atoms with Crippen LogP contribution in [0.3, 0.4) is 0 Å². The number of carboxylic acids is 3. The summed E-state index contributed by atoms with van der Waals surface area (Å²) in [5, 5.41) is 27.2.